The number of halogens is 5. The summed E-state index contributed by atoms with van der Waals surface area (Å²) in [5.41, 5.74) is 0.816. The van der Waals surface area contributed by atoms with E-state index >= 15 is 0 Å². The molecule has 1 atom stereocenters. The number of benzene rings is 1. The van der Waals surface area contributed by atoms with Crippen LogP contribution in [0.4, 0.5) is 17.6 Å². The molecule has 1 aliphatic rings. The molecule has 0 spiro atoms. The van der Waals surface area contributed by atoms with Crippen molar-refractivity contribution in [2.75, 3.05) is 13.1 Å². The Morgan fingerprint density at radius 1 is 1.32 bits per heavy atom. The molecule has 1 saturated heterocycles. The lowest BCUT2D eigenvalue weighted by Gasteiger charge is -2.33. The molecule has 2 rings (SSSR count). The fourth-order valence-electron chi connectivity index (χ4n) is 2.36. The van der Waals surface area contributed by atoms with E-state index in [1.54, 1.807) is 17.0 Å². The second kappa shape index (κ2) is 5.79. The first kappa shape index (κ1) is 14.8. The Morgan fingerprint density at radius 3 is 2.68 bits per heavy atom. The minimum absolute atomic E-state index is 0.0263. The van der Waals surface area contributed by atoms with Crippen LogP contribution < -0.4 is 0 Å². The van der Waals surface area contributed by atoms with Gasteiger partial charge in [-0.1, -0.05) is 6.07 Å². The molecule has 106 valence electrons. The first-order valence-corrected chi connectivity index (χ1v) is 6.88. The normalized spacial score (nSPS) is 21.6. The van der Waals surface area contributed by atoms with Gasteiger partial charge in [0.2, 0.25) is 0 Å². The molecule has 0 radical (unpaired) electrons. The molecule has 6 heteroatoms. The zero-order valence-corrected chi connectivity index (χ0v) is 11.8. The minimum Gasteiger partial charge on any atom is -0.298 e. The molecule has 1 aromatic carbocycles. The van der Waals surface area contributed by atoms with Crippen LogP contribution >= 0.6 is 15.9 Å². The lowest BCUT2D eigenvalue weighted by atomic mass is 9.97. The quantitative estimate of drug-likeness (QED) is 0.723. The number of likely N-dealkylation sites (tertiary alicyclic amines) is 1. The first-order valence-electron chi connectivity index (χ1n) is 6.09. The van der Waals surface area contributed by atoms with Gasteiger partial charge in [0.25, 0.3) is 0 Å². The molecular weight excluding hydrogens is 326 g/mol. The average molecular weight is 340 g/mol. The van der Waals surface area contributed by atoms with E-state index in [0.29, 0.717) is 24.0 Å². The van der Waals surface area contributed by atoms with Crippen molar-refractivity contribution in [1.82, 2.24) is 4.90 Å². The van der Waals surface area contributed by atoms with Gasteiger partial charge in [-0.05, 0) is 53.0 Å². The van der Waals surface area contributed by atoms with Crippen LogP contribution in [0.5, 0.6) is 0 Å². The van der Waals surface area contributed by atoms with Crippen molar-refractivity contribution in [3.8, 4) is 0 Å². The molecule has 1 fully saturated rings. The Hall–Kier alpha value is -0.620. The van der Waals surface area contributed by atoms with Crippen LogP contribution in [-0.4, -0.2) is 24.2 Å². The molecule has 0 aliphatic carbocycles. The Morgan fingerprint density at radius 2 is 2.05 bits per heavy atom. The minimum atomic E-state index is -4.12. The fraction of sp³-hybridized carbons (Fsp3) is 0.538. The Kier molecular flexibility index (Phi) is 4.50. The topological polar surface area (TPSA) is 3.24 Å². The van der Waals surface area contributed by atoms with E-state index < -0.39 is 12.1 Å². The first-order chi connectivity index (χ1) is 8.86. The van der Waals surface area contributed by atoms with Gasteiger partial charge in [-0.15, -0.1) is 0 Å². The van der Waals surface area contributed by atoms with Gasteiger partial charge in [0.15, 0.2) is 0 Å². The Bertz CT molecular complexity index is 447. The predicted molar refractivity (Wildman–Crippen MR) is 68.2 cm³/mol. The van der Waals surface area contributed by atoms with Crippen molar-refractivity contribution in [1.29, 1.82) is 0 Å². The van der Waals surface area contributed by atoms with Crippen molar-refractivity contribution in [3.63, 3.8) is 0 Å². The Labute approximate surface area is 117 Å². The van der Waals surface area contributed by atoms with Crippen LogP contribution in [0, 0.1) is 11.7 Å². The summed E-state index contributed by atoms with van der Waals surface area (Å²) in [6, 6.07) is 4.55. The maximum atomic E-state index is 13.1. The van der Waals surface area contributed by atoms with E-state index in [9.17, 15) is 17.6 Å². The van der Waals surface area contributed by atoms with Crippen LogP contribution in [0.15, 0.2) is 22.7 Å². The molecule has 0 saturated carbocycles. The van der Waals surface area contributed by atoms with Gasteiger partial charge in [-0.2, -0.15) is 13.2 Å². The van der Waals surface area contributed by atoms with Crippen LogP contribution in [0.25, 0.3) is 0 Å². The van der Waals surface area contributed by atoms with Crippen LogP contribution in [0.2, 0.25) is 0 Å². The molecule has 0 bridgehead atoms. The van der Waals surface area contributed by atoms with E-state index in [2.05, 4.69) is 15.9 Å². The highest BCUT2D eigenvalue weighted by Gasteiger charge is 2.41. The van der Waals surface area contributed by atoms with E-state index in [4.69, 9.17) is 0 Å². The predicted octanol–water partition coefficient (Wildman–Crippen LogP) is 4.36. The smallest absolute Gasteiger partial charge is 0.298 e. The van der Waals surface area contributed by atoms with Crippen molar-refractivity contribution in [2.45, 2.75) is 25.6 Å². The summed E-state index contributed by atoms with van der Waals surface area (Å²) >= 11 is 3.08. The third-order valence-electron chi connectivity index (χ3n) is 3.36. The largest absolute Gasteiger partial charge is 0.393 e. The highest BCUT2D eigenvalue weighted by Crippen LogP contribution is 2.33. The van der Waals surface area contributed by atoms with Gasteiger partial charge in [0, 0.05) is 13.1 Å². The summed E-state index contributed by atoms with van der Waals surface area (Å²) in [5.74, 6) is -1.61. The third kappa shape index (κ3) is 3.92. The van der Waals surface area contributed by atoms with Crippen LogP contribution in [0.3, 0.4) is 0 Å². The highest BCUT2D eigenvalue weighted by atomic mass is 79.9. The highest BCUT2D eigenvalue weighted by molar-refractivity contribution is 9.10. The summed E-state index contributed by atoms with van der Waals surface area (Å²) < 4.78 is 51.5. The lowest BCUT2D eigenvalue weighted by molar-refractivity contribution is -0.187. The summed E-state index contributed by atoms with van der Waals surface area (Å²) in [5, 5.41) is 0. The maximum Gasteiger partial charge on any atom is 0.393 e. The summed E-state index contributed by atoms with van der Waals surface area (Å²) in [6.45, 7) is 1.10. The standard InChI is InChI=1S/C13H14BrF4N/c14-11-6-9(3-4-12(11)15)7-19-5-1-2-10(8-19)13(16,17)18/h3-4,6,10H,1-2,5,7-8H2. The summed E-state index contributed by atoms with van der Waals surface area (Å²) in [6.07, 6.45) is -3.37. The van der Waals surface area contributed by atoms with Gasteiger partial charge in [0.05, 0.1) is 10.4 Å². The molecule has 1 aliphatic heterocycles. The van der Waals surface area contributed by atoms with Gasteiger partial charge in [0.1, 0.15) is 5.82 Å². The number of hydrogen-bond donors (Lipinski definition) is 0. The molecule has 0 amide bonds. The summed E-state index contributed by atoms with van der Waals surface area (Å²) in [7, 11) is 0. The van der Waals surface area contributed by atoms with Crippen LogP contribution in [0.1, 0.15) is 18.4 Å². The molecule has 1 unspecified atom stereocenters. The SMILES string of the molecule is Fc1ccc(CN2CCCC(C(F)(F)F)C2)cc1Br. The number of hydrogen-bond acceptors (Lipinski definition) is 1. The van der Waals surface area contributed by atoms with Crippen molar-refractivity contribution < 1.29 is 17.6 Å². The zero-order chi connectivity index (χ0) is 14.0. The van der Waals surface area contributed by atoms with Gasteiger partial charge in [-0.3, -0.25) is 4.90 Å². The number of piperidine rings is 1. The van der Waals surface area contributed by atoms with Crippen molar-refractivity contribution >= 4 is 15.9 Å². The van der Waals surface area contributed by atoms with Gasteiger partial charge < -0.3 is 0 Å². The molecule has 0 N–H and O–H groups in total. The second-order valence-corrected chi connectivity index (χ2v) is 5.72. The zero-order valence-electron chi connectivity index (χ0n) is 10.2. The van der Waals surface area contributed by atoms with Crippen molar-refractivity contribution in [3.05, 3.63) is 34.1 Å². The molecule has 1 heterocycles. The van der Waals surface area contributed by atoms with E-state index in [-0.39, 0.29) is 18.8 Å². The maximum absolute atomic E-state index is 13.1. The second-order valence-electron chi connectivity index (χ2n) is 4.86. The van der Waals surface area contributed by atoms with Crippen molar-refractivity contribution in [2.24, 2.45) is 5.92 Å². The molecular formula is C13H14BrF4N. The van der Waals surface area contributed by atoms with E-state index in [1.807, 2.05) is 0 Å². The molecule has 19 heavy (non-hydrogen) atoms. The van der Waals surface area contributed by atoms with Gasteiger partial charge in [-0.25, -0.2) is 4.39 Å². The fourth-order valence-corrected chi connectivity index (χ4v) is 2.79. The third-order valence-corrected chi connectivity index (χ3v) is 3.97. The molecule has 0 aromatic heterocycles. The Balaban J connectivity index is 2.00. The number of rotatable bonds is 2. The van der Waals surface area contributed by atoms with Gasteiger partial charge >= 0.3 is 6.18 Å². The van der Waals surface area contributed by atoms with E-state index in [1.165, 1.54) is 6.07 Å². The number of alkyl halides is 3. The van der Waals surface area contributed by atoms with E-state index in [0.717, 1.165) is 5.56 Å². The lowest BCUT2D eigenvalue weighted by Crippen LogP contribution is -2.41. The summed E-state index contributed by atoms with van der Waals surface area (Å²) in [4.78, 5) is 1.78. The average Bonchev–Trinajstić information content (AvgIpc) is 2.33. The monoisotopic (exact) mass is 339 g/mol. The van der Waals surface area contributed by atoms with Crippen LogP contribution in [-0.2, 0) is 6.54 Å². The number of nitrogens with zero attached hydrogens (tertiary/aromatic N) is 1. The molecule has 1 aromatic rings. The molecule has 1 nitrogen and oxygen atoms in total.